The molecular formula is C11H19NO3. The Morgan fingerprint density at radius 2 is 2.13 bits per heavy atom. The van der Waals surface area contributed by atoms with E-state index in [0.29, 0.717) is 6.42 Å². The first-order valence-corrected chi connectivity index (χ1v) is 5.59. The molecular weight excluding hydrogens is 194 g/mol. The van der Waals surface area contributed by atoms with Crippen LogP contribution in [-0.2, 0) is 9.59 Å². The lowest BCUT2D eigenvalue weighted by Crippen LogP contribution is -2.42. The standard InChI is InChI=1S/C11H19NO3/c1-3-7(2)10(13)12-9-6-4-5-8(9)11(14)15/h7-9H,3-6H2,1-2H3,(H,12,13)(H,14,15)/t7?,8-,9+/m0/s1. The SMILES string of the molecule is CCC(C)C(=O)N[C@@H]1CCC[C@@H]1C(=O)O. The summed E-state index contributed by atoms with van der Waals surface area (Å²) < 4.78 is 0. The Kier molecular flexibility index (Phi) is 4.12. The zero-order valence-corrected chi connectivity index (χ0v) is 9.32. The molecule has 1 amide bonds. The van der Waals surface area contributed by atoms with Crippen molar-refractivity contribution in [2.45, 2.75) is 45.6 Å². The molecule has 1 rings (SSSR count). The van der Waals surface area contributed by atoms with Crippen LogP contribution >= 0.6 is 0 Å². The number of carbonyl (C=O) groups is 2. The summed E-state index contributed by atoms with van der Waals surface area (Å²) in [4.78, 5) is 22.5. The van der Waals surface area contributed by atoms with Crippen molar-refractivity contribution in [3.05, 3.63) is 0 Å². The first kappa shape index (κ1) is 12.0. The molecule has 1 fully saturated rings. The van der Waals surface area contributed by atoms with Gasteiger partial charge in [-0.3, -0.25) is 9.59 Å². The Morgan fingerprint density at radius 1 is 1.47 bits per heavy atom. The number of hydrogen-bond acceptors (Lipinski definition) is 2. The molecule has 0 aromatic heterocycles. The highest BCUT2D eigenvalue weighted by atomic mass is 16.4. The topological polar surface area (TPSA) is 66.4 Å². The van der Waals surface area contributed by atoms with E-state index in [1.54, 1.807) is 0 Å². The van der Waals surface area contributed by atoms with Gasteiger partial charge in [0.25, 0.3) is 0 Å². The molecule has 1 aliphatic carbocycles. The molecule has 4 heteroatoms. The fraction of sp³-hybridized carbons (Fsp3) is 0.818. The van der Waals surface area contributed by atoms with Crippen LogP contribution in [0.5, 0.6) is 0 Å². The van der Waals surface area contributed by atoms with E-state index in [1.165, 1.54) is 0 Å². The van der Waals surface area contributed by atoms with Crippen molar-refractivity contribution in [1.29, 1.82) is 0 Å². The summed E-state index contributed by atoms with van der Waals surface area (Å²) in [5.41, 5.74) is 0. The second kappa shape index (κ2) is 5.14. The second-order valence-electron chi connectivity index (χ2n) is 4.30. The summed E-state index contributed by atoms with van der Waals surface area (Å²) in [5, 5.41) is 11.8. The molecule has 86 valence electrons. The third-order valence-electron chi connectivity index (χ3n) is 3.22. The van der Waals surface area contributed by atoms with E-state index >= 15 is 0 Å². The zero-order valence-electron chi connectivity index (χ0n) is 9.32. The van der Waals surface area contributed by atoms with Gasteiger partial charge >= 0.3 is 5.97 Å². The molecule has 0 aliphatic heterocycles. The number of carbonyl (C=O) groups excluding carboxylic acids is 1. The molecule has 0 heterocycles. The van der Waals surface area contributed by atoms with Gasteiger partial charge in [-0.15, -0.1) is 0 Å². The summed E-state index contributed by atoms with van der Waals surface area (Å²) in [6.07, 6.45) is 3.15. The highest BCUT2D eigenvalue weighted by Crippen LogP contribution is 2.26. The first-order chi connectivity index (χ1) is 7.06. The van der Waals surface area contributed by atoms with Crippen LogP contribution in [0, 0.1) is 11.8 Å². The number of hydrogen-bond donors (Lipinski definition) is 2. The summed E-state index contributed by atoms with van der Waals surface area (Å²) >= 11 is 0. The maximum absolute atomic E-state index is 11.6. The molecule has 3 atom stereocenters. The number of amides is 1. The van der Waals surface area contributed by atoms with Crippen molar-refractivity contribution >= 4 is 11.9 Å². The van der Waals surface area contributed by atoms with Gasteiger partial charge in [0.05, 0.1) is 5.92 Å². The van der Waals surface area contributed by atoms with E-state index in [2.05, 4.69) is 5.32 Å². The molecule has 2 N–H and O–H groups in total. The van der Waals surface area contributed by atoms with Crippen LogP contribution in [0.25, 0.3) is 0 Å². The summed E-state index contributed by atoms with van der Waals surface area (Å²) in [6.45, 7) is 3.81. The van der Waals surface area contributed by atoms with Gasteiger partial charge in [0.2, 0.25) is 5.91 Å². The quantitative estimate of drug-likeness (QED) is 0.741. The van der Waals surface area contributed by atoms with Crippen LogP contribution in [0.4, 0.5) is 0 Å². The van der Waals surface area contributed by atoms with E-state index < -0.39 is 11.9 Å². The van der Waals surface area contributed by atoms with Crippen molar-refractivity contribution < 1.29 is 14.7 Å². The molecule has 0 spiro atoms. The van der Waals surface area contributed by atoms with Gasteiger partial charge in [0.15, 0.2) is 0 Å². The maximum atomic E-state index is 11.6. The average Bonchev–Trinajstić information content (AvgIpc) is 2.64. The Labute approximate surface area is 90.0 Å². The number of nitrogens with one attached hydrogen (secondary N) is 1. The van der Waals surface area contributed by atoms with Crippen LogP contribution in [0.15, 0.2) is 0 Å². The Bertz CT molecular complexity index is 252. The summed E-state index contributed by atoms with van der Waals surface area (Å²) in [7, 11) is 0. The Morgan fingerprint density at radius 3 is 2.67 bits per heavy atom. The predicted molar refractivity (Wildman–Crippen MR) is 56.4 cm³/mol. The zero-order chi connectivity index (χ0) is 11.4. The van der Waals surface area contributed by atoms with Crippen molar-refractivity contribution in [3.8, 4) is 0 Å². The highest BCUT2D eigenvalue weighted by Gasteiger charge is 2.34. The van der Waals surface area contributed by atoms with Crippen LogP contribution in [0.2, 0.25) is 0 Å². The van der Waals surface area contributed by atoms with Gasteiger partial charge in [0, 0.05) is 12.0 Å². The number of carboxylic acids is 1. The fourth-order valence-corrected chi connectivity index (χ4v) is 1.94. The van der Waals surface area contributed by atoms with Crippen molar-refractivity contribution in [3.63, 3.8) is 0 Å². The molecule has 0 bridgehead atoms. The van der Waals surface area contributed by atoms with Gasteiger partial charge in [-0.2, -0.15) is 0 Å². The molecule has 4 nitrogen and oxygen atoms in total. The van der Waals surface area contributed by atoms with Crippen LogP contribution in [0.1, 0.15) is 39.5 Å². The van der Waals surface area contributed by atoms with Crippen LogP contribution in [0.3, 0.4) is 0 Å². The molecule has 0 aromatic rings. The van der Waals surface area contributed by atoms with Crippen LogP contribution in [-0.4, -0.2) is 23.0 Å². The van der Waals surface area contributed by atoms with Gasteiger partial charge in [-0.05, 0) is 19.3 Å². The monoisotopic (exact) mass is 213 g/mol. The third-order valence-corrected chi connectivity index (χ3v) is 3.22. The lowest BCUT2D eigenvalue weighted by molar-refractivity contribution is -0.142. The second-order valence-corrected chi connectivity index (χ2v) is 4.30. The minimum Gasteiger partial charge on any atom is -0.481 e. The molecule has 1 saturated carbocycles. The highest BCUT2D eigenvalue weighted by molar-refractivity contribution is 5.80. The predicted octanol–water partition coefficient (Wildman–Crippen LogP) is 1.40. The van der Waals surface area contributed by atoms with E-state index in [0.717, 1.165) is 19.3 Å². The smallest absolute Gasteiger partial charge is 0.308 e. The normalized spacial score (nSPS) is 27.3. The van der Waals surface area contributed by atoms with Crippen molar-refractivity contribution in [2.75, 3.05) is 0 Å². The lowest BCUT2D eigenvalue weighted by atomic mass is 10.0. The third kappa shape index (κ3) is 2.94. The Balaban J connectivity index is 2.50. The van der Waals surface area contributed by atoms with Gasteiger partial charge in [-0.25, -0.2) is 0 Å². The summed E-state index contributed by atoms with van der Waals surface area (Å²) in [5.74, 6) is -1.23. The molecule has 0 saturated heterocycles. The van der Waals surface area contributed by atoms with Gasteiger partial charge in [-0.1, -0.05) is 20.3 Å². The Hall–Kier alpha value is -1.06. The summed E-state index contributed by atoms with van der Waals surface area (Å²) in [6, 6.07) is -0.163. The maximum Gasteiger partial charge on any atom is 0.308 e. The molecule has 1 unspecified atom stereocenters. The fourth-order valence-electron chi connectivity index (χ4n) is 1.94. The largest absolute Gasteiger partial charge is 0.481 e. The van der Waals surface area contributed by atoms with E-state index in [9.17, 15) is 9.59 Å². The van der Waals surface area contributed by atoms with E-state index in [-0.39, 0.29) is 17.9 Å². The molecule has 0 aromatic carbocycles. The molecule has 15 heavy (non-hydrogen) atoms. The number of aliphatic carboxylic acids is 1. The van der Waals surface area contributed by atoms with E-state index in [1.807, 2.05) is 13.8 Å². The van der Waals surface area contributed by atoms with Crippen molar-refractivity contribution in [2.24, 2.45) is 11.8 Å². The lowest BCUT2D eigenvalue weighted by Gasteiger charge is -2.19. The number of carboxylic acid groups (broad SMARTS) is 1. The van der Waals surface area contributed by atoms with Crippen molar-refractivity contribution in [1.82, 2.24) is 5.32 Å². The first-order valence-electron chi connectivity index (χ1n) is 5.59. The van der Waals surface area contributed by atoms with Crippen LogP contribution < -0.4 is 5.32 Å². The van der Waals surface area contributed by atoms with Gasteiger partial charge in [0.1, 0.15) is 0 Å². The van der Waals surface area contributed by atoms with Gasteiger partial charge < -0.3 is 10.4 Å². The minimum atomic E-state index is -0.790. The molecule has 0 radical (unpaired) electrons. The molecule has 1 aliphatic rings. The number of rotatable bonds is 4. The average molecular weight is 213 g/mol. The minimum absolute atomic E-state index is 0.0179. The van der Waals surface area contributed by atoms with E-state index in [4.69, 9.17) is 5.11 Å².